The third-order valence-electron chi connectivity index (χ3n) is 3.85. The van der Waals surface area contributed by atoms with Crippen LogP contribution in [0, 0.1) is 0 Å². The van der Waals surface area contributed by atoms with Gasteiger partial charge in [0.05, 0.1) is 16.6 Å². The predicted molar refractivity (Wildman–Crippen MR) is 82.0 cm³/mol. The topological polar surface area (TPSA) is 61.1 Å². The van der Waals surface area contributed by atoms with Crippen molar-refractivity contribution in [2.75, 3.05) is 11.4 Å². The van der Waals surface area contributed by atoms with Crippen molar-refractivity contribution in [1.82, 2.24) is 4.98 Å². The van der Waals surface area contributed by atoms with E-state index < -0.39 is 0 Å². The molecule has 5 nitrogen and oxygen atoms in total. The van der Waals surface area contributed by atoms with E-state index in [1.165, 1.54) is 31.2 Å². The van der Waals surface area contributed by atoms with Gasteiger partial charge in [-0.2, -0.15) is 0 Å². The zero-order valence-corrected chi connectivity index (χ0v) is 12.3. The van der Waals surface area contributed by atoms with Crippen molar-refractivity contribution in [1.29, 1.82) is 0 Å². The van der Waals surface area contributed by atoms with Crippen molar-refractivity contribution in [3.63, 3.8) is 0 Å². The second-order valence-corrected chi connectivity index (χ2v) is 5.94. The van der Waals surface area contributed by atoms with E-state index in [0.29, 0.717) is 5.71 Å². The Bertz CT molecular complexity index is 558. The molecule has 20 heavy (non-hydrogen) atoms. The molecule has 0 bridgehead atoms. The lowest BCUT2D eigenvalue weighted by Crippen LogP contribution is -2.43. The summed E-state index contributed by atoms with van der Waals surface area (Å²) in [5.41, 5.74) is 1.47. The number of hydrogen-bond donors (Lipinski definition) is 1. The second kappa shape index (κ2) is 5.83. The number of pyridine rings is 1. The maximum Gasteiger partial charge on any atom is 0.144 e. The highest BCUT2D eigenvalue weighted by molar-refractivity contribution is 7.98. The quantitative estimate of drug-likeness (QED) is 0.373. The fourth-order valence-corrected chi connectivity index (χ4v) is 3.67. The maximum atomic E-state index is 9.12. The van der Waals surface area contributed by atoms with E-state index in [-0.39, 0.29) is 6.04 Å². The largest absolute Gasteiger partial charge is 0.411 e. The first-order valence-electron chi connectivity index (χ1n) is 6.97. The molecule has 2 aliphatic rings. The highest BCUT2D eigenvalue weighted by Crippen LogP contribution is 2.36. The van der Waals surface area contributed by atoms with Gasteiger partial charge < -0.3 is 10.1 Å². The van der Waals surface area contributed by atoms with Crippen molar-refractivity contribution in [2.45, 2.75) is 43.5 Å². The maximum absolute atomic E-state index is 9.12. The molecule has 0 spiro atoms. The molecular formula is C14H18N4OS. The molecule has 0 aromatic carbocycles. The van der Waals surface area contributed by atoms with Gasteiger partial charge in [-0.25, -0.2) is 9.38 Å². The van der Waals surface area contributed by atoms with Gasteiger partial charge in [0.1, 0.15) is 11.5 Å². The summed E-state index contributed by atoms with van der Waals surface area (Å²) in [6.45, 7) is 2.79. The summed E-state index contributed by atoms with van der Waals surface area (Å²) in [4.78, 5) is 7.95. The molecule has 1 aromatic rings. The standard InChI is InChI=1S/C14H18N4OS/c1-10(16-19)13-11-6-3-2-4-9-18(11)14-12(20-17-13)7-5-8-15-14/h5,7-8,11,19H,2-4,6,9H2,1H3/b16-10-. The normalized spacial score (nSPS) is 23.2. The minimum absolute atomic E-state index is 0.164. The Kier molecular flexibility index (Phi) is 3.91. The lowest BCUT2D eigenvalue weighted by atomic mass is 10.0. The highest BCUT2D eigenvalue weighted by atomic mass is 32.2. The molecule has 0 radical (unpaired) electrons. The first-order chi connectivity index (χ1) is 9.81. The molecule has 106 valence electrons. The van der Waals surface area contributed by atoms with E-state index >= 15 is 0 Å². The van der Waals surface area contributed by atoms with Crippen molar-refractivity contribution < 1.29 is 5.21 Å². The first-order valence-corrected chi connectivity index (χ1v) is 7.74. The van der Waals surface area contributed by atoms with Gasteiger partial charge in [0.15, 0.2) is 0 Å². The molecular weight excluding hydrogens is 272 g/mol. The number of aromatic nitrogens is 1. The molecule has 1 aromatic heterocycles. The second-order valence-electron chi connectivity index (χ2n) is 5.14. The van der Waals surface area contributed by atoms with E-state index in [1.54, 1.807) is 0 Å². The van der Waals surface area contributed by atoms with Gasteiger partial charge >= 0.3 is 0 Å². The third-order valence-corrected chi connectivity index (χ3v) is 4.66. The summed E-state index contributed by atoms with van der Waals surface area (Å²) >= 11 is 1.43. The van der Waals surface area contributed by atoms with Crippen LogP contribution in [-0.2, 0) is 0 Å². The first kappa shape index (κ1) is 13.4. The molecule has 1 fully saturated rings. The lowest BCUT2D eigenvalue weighted by molar-refractivity contribution is 0.319. The summed E-state index contributed by atoms with van der Waals surface area (Å²) in [5, 5.41) is 12.5. The Hall–Kier alpha value is -1.56. The zero-order chi connectivity index (χ0) is 13.9. The van der Waals surface area contributed by atoms with E-state index in [4.69, 9.17) is 5.21 Å². The summed E-state index contributed by atoms with van der Waals surface area (Å²) < 4.78 is 4.62. The minimum Gasteiger partial charge on any atom is -0.411 e. The van der Waals surface area contributed by atoms with Gasteiger partial charge in [0.25, 0.3) is 0 Å². The Morgan fingerprint density at radius 1 is 1.45 bits per heavy atom. The average Bonchev–Trinajstić information content (AvgIpc) is 2.80. The monoisotopic (exact) mass is 290 g/mol. The molecule has 3 rings (SSSR count). The van der Waals surface area contributed by atoms with Crippen LogP contribution < -0.4 is 4.90 Å². The molecule has 1 N–H and O–H groups in total. The Balaban J connectivity index is 2.08. The van der Waals surface area contributed by atoms with Crippen molar-refractivity contribution >= 4 is 29.2 Å². The van der Waals surface area contributed by atoms with Gasteiger partial charge in [-0.3, -0.25) is 0 Å². The fourth-order valence-electron chi connectivity index (χ4n) is 2.83. The number of rotatable bonds is 1. The number of hydrogen-bond acceptors (Lipinski definition) is 6. The highest BCUT2D eigenvalue weighted by Gasteiger charge is 2.32. The molecule has 1 unspecified atom stereocenters. The van der Waals surface area contributed by atoms with Crippen LogP contribution in [-0.4, -0.2) is 34.2 Å². The molecule has 0 saturated carbocycles. The van der Waals surface area contributed by atoms with Crippen LogP contribution in [0.25, 0.3) is 0 Å². The Labute approximate surface area is 122 Å². The molecule has 0 aliphatic carbocycles. The summed E-state index contributed by atoms with van der Waals surface area (Å²) in [6.07, 6.45) is 6.43. The third kappa shape index (κ3) is 2.40. The molecule has 1 saturated heterocycles. The van der Waals surface area contributed by atoms with Gasteiger partial charge in [0.2, 0.25) is 0 Å². The lowest BCUT2D eigenvalue weighted by Gasteiger charge is -2.30. The molecule has 6 heteroatoms. The van der Waals surface area contributed by atoms with E-state index in [2.05, 4.69) is 19.4 Å². The molecule has 3 heterocycles. The van der Waals surface area contributed by atoms with Gasteiger partial charge in [0, 0.05) is 24.7 Å². The average molecular weight is 290 g/mol. The van der Waals surface area contributed by atoms with Gasteiger partial charge in [-0.05, 0) is 31.9 Å². The van der Waals surface area contributed by atoms with Crippen molar-refractivity contribution in [2.24, 2.45) is 9.55 Å². The van der Waals surface area contributed by atoms with Crippen LogP contribution in [0.4, 0.5) is 5.82 Å². The minimum atomic E-state index is 0.164. The Morgan fingerprint density at radius 3 is 3.20 bits per heavy atom. The van der Waals surface area contributed by atoms with Crippen LogP contribution in [0.3, 0.4) is 0 Å². The van der Waals surface area contributed by atoms with Crippen LogP contribution >= 0.6 is 11.9 Å². The number of fused-ring (bicyclic) bond motifs is 3. The Morgan fingerprint density at radius 2 is 2.35 bits per heavy atom. The van der Waals surface area contributed by atoms with Crippen LogP contribution in [0.1, 0.15) is 32.6 Å². The van der Waals surface area contributed by atoms with Crippen molar-refractivity contribution in [3.05, 3.63) is 18.3 Å². The van der Waals surface area contributed by atoms with E-state index in [1.807, 2.05) is 25.3 Å². The summed E-state index contributed by atoms with van der Waals surface area (Å²) in [5.74, 6) is 1.01. The summed E-state index contributed by atoms with van der Waals surface area (Å²) in [7, 11) is 0. The van der Waals surface area contributed by atoms with Crippen molar-refractivity contribution in [3.8, 4) is 0 Å². The van der Waals surface area contributed by atoms with Crippen LogP contribution in [0.15, 0.2) is 32.8 Å². The smallest absolute Gasteiger partial charge is 0.144 e. The van der Waals surface area contributed by atoms with Gasteiger partial charge in [-0.1, -0.05) is 18.0 Å². The zero-order valence-electron chi connectivity index (χ0n) is 11.5. The SMILES string of the molecule is C/C(=N/O)C1=NSc2cccnc2N2CCCCCC12. The summed E-state index contributed by atoms with van der Waals surface area (Å²) in [6, 6.07) is 4.15. The van der Waals surface area contributed by atoms with E-state index in [0.717, 1.165) is 29.4 Å². The number of nitrogens with zero attached hydrogens (tertiary/aromatic N) is 4. The molecule has 1 atom stereocenters. The van der Waals surface area contributed by atoms with E-state index in [9.17, 15) is 0 Å². The molecule has 0 amide bonds. The molecule has 2 aliphatic heterocycles. The van der Waals surface area contributed by atoms with Crippen LogP contribution in [0.2, 0.25) is 0 Å². The fraction of sp³-hybridized carbons (Fsp3) is 0.500. The van der Waals surface area contributed by atoms with Gasteiger partial charge in [-0.15, -0.1) is 0 Å². The number of oxime groups is 1. The van der Waals surface area contributed by atoms with Crippen LogP contribution in [0.5, 0.6) is 0 Å². The predicted octanol–water partition coefficient (Wildman–Crippen LogP) is 3.14. The number of anilines is 1.